The predicted octanol–water partition coefficient (Wildman–Crippen LogP) is 5.83. The van der Waals surface area contributed by atoms with Crippen LogP contribution in [0.4, 0.5) is 17.3 Å². The lowest BCUT2D eigenvalue weighted by molar-refractivity contribution is -0.117. The average molecular weight is 546 g/mol. The minimum Gasteiger partial charge on any atom is -0.394 e. The number of nitrogens with one attached hydrogen (secondary N) is 3. The number of hydrogen-bond acceptors (Lipinski definition) is 6. The number of nitrogens with zero attached hydrogens (tertiary/aromatic N) is 3. The summed E-state index contributed by atoms with van der Waals surface area (Å²) in [5.41, 5.74) is 2.13. The number of carbonyl (C=O) groups is 1. The number of anilines is 3. The van der Waals surface area contributed by atoms with Gasteiger partial charge >= 0.3 is 0 Å². The van der Waals surface area contributed by atoms with Crippen LogP contribution in [0.2, 0.25) is 0 Å². The third kappa shape index (κ3) is 7.18. The lowest BCUT2D eigenvalue weighted by Crippen LogP contribution is -2.39. The molecule has 1 saturated carbocycles. The minimum atomic E-state index is -0.453. The maximum atomic E-state index is 11.9. The molecule has 0 spiro atoms. The third-order valence-electron chi connectivity index (χ3n) is 5.93. The molecule has 1 aromatic carbocycles. The predicted molar refractivity (Wildman–Crippen MR) is 146 cm³/mol. The second kappa shape index (κ2) is 12.4. The zero-order valence-corrected chi connectivity index (χ0v) is 22.7. The Morgan fingerprint density at radius 3 is 2.60 bits per heavy atom. The fraction of sp³-hybridized carbons (Fsp3) is 0.500. The van der Waals surface area contributed by atoms with Crippen molar-refractivity contribution in [1.29, 1.82) is 0 Å². The van der Waals surface area contributed by atoms with Crippen molar-refractivity contribution in [3.8, 4) is 0 Å². The first-order valence-corrected chi connectivity index (χ1v) is 13.3. The number of carbonyl (C=O) groups excluding carboxylic acids is 1. The van der Waals surface area contributed by atoms with Gasteiger partial charge in [0, 0.05) is 24.2 Å². The van der Waals surface area contributed by atoms with E-state index in [1.165, 1.54) is 0 Å². The van der Waals surface area contributed by atoms with Crippen molar-refractivity contribution in [3.63, 3.8) is 0 Å². The fourth-order valence-corrected chi connectivity index (χ4v) is 4.02. The van der Waals surface area contributed by atoms with E-state index >= 15 is 0 Å². The van der Waals surface area contributed by atoms with Gasteiger partial charge in [-0.3, -0.25) is 4.79 Å². The normalized spacial score (nSPS) is 14.6. The molecule has 3 aromatic rings. The van der Waals surface area contributed by atoms with Crippen LogP contribution in [0.5, 0.6) is 0 Å². The van der Waals surface area contributed by atoms with Crippen molar-refractivity contribution in [2.75, 3.05) is 22.6 Å². The number of benzene rings is 1. The summed E-state index contributed by atoms with van der Waals surface area (Å²) in [4.78, 5) is 16.6. The molecule has 0 saturated heterocycles. The Kier molecular flexibility index (Phi) is 9.51. The lowest BCUT2D eigenvalue weighted by Gasteiger charge is -2.29. The van der Waals surface area contributed by atoms with Crippen LogP contribution in [0.15, 0.2) is 41.0 Å². The Morgan fingerprint density at radius 2 is 1.97 bits per heavy atom. The molecule has 0 bridgehead atoms. The van der Waals surface area contributed by atoms with Crippen LogP contribution in [0.25, 0.3) is 5.65 Å². The van der Waals surface area contributed by atoms with Gasteiger partial charge in [0.05, 0.1) is 22.8 Å². The molecular formula is C26H37BrN6O2. The highest BCUT2D eigenvalue weighted by Gasteiger charge is 2.29. The summed E-state index contributed by atoms with van der Waals surface area (Å²) in [5, 5.41) is 24.2. The highest BCUT2D eigenvalue weighted by Crippen LogP contribution is 2.30. The van der Waals surface area contributed by atoms with Gasteiger partial charge in [0.15, 0.2) is 5.65 Å². The summed E-state index contributed by atoms with van der Waals surface area (Å²) in [6.45, 7) is 8.75. The van der Waals surface area contributed by atoms with E-state index in [0.29, 0.717) is 18.0 Å². The van der Waals surface area contributed by atoms with Gasteiger partial charge in [-0.15, -0.1) is 0 Å². The van der Waals surface area contributed by atoms with E-state index in [4.69, 9.17) is 4.98 Å². The topological polar surface area (TPSA) is 104 Å². The SMILES string of the molecule is CC.CCCCC(C)(CO)Nc1cc(NCc2ccc(NC(=O)C3CC3)cc2)n2ncc(Br)c2n1. The van der Waals surface area contributed by atoms with Crippen molar-refractivity contribution in [2.24, 2.45) is 5.92 Å². The van der Waals surface area contributed by atoms with Crippen LogP contribution >= 0.6 is 15.9 Å². The number of aliphatic hydroxyl groups is 1. The first kappa shape index (κ1) is 26.9. The summed E-state index contributed by atoms with van der Waals surface area (Å²) in [5.74, 6) is 1.76. The van der Waals surface area contributed by atoms with Crippen LogP contribution < -0.4 is 16.0 Å². The van der Waals surface area contributed by atoms with Crippen molar-refractivity contribution in [2.45, 2.75) is 71.9 Å². The van der Waals surface area contributed by atoms with E-state index in [9.17, 15) is 9.90 Å². The lowest BCUT2D eigenvalue weighted by atomic mass is 9.96. The maximum absolute atomic E-state index is 11.9. The Bertz CT molecular complexity index is 1110. The van der Waals surface area contributed by atoms with Gasteiger partial charge in [0.25, 0.3) is 0 Å². The highest BCUT2D eigenvalue weighted by molar-refractivity contribution is 9.10. The van der Waals surface area contributed by atoms with E-state index < -0.39 is 5.54 Å². The molecule has 2 aromatic heterocycles. The van der Waals surface area contributed by atoms with E-state index in [-0.39, 0.29) is 18.4 Å². The summed E-state index contributed by atoms with van der Waals surface area (Å²) >= 11 is 3.53. The van der Waals surface area contributed by atoms with Gasteiger partial charge in [0.2, 0.25) is 5.91 Å². The molecule has 4 rings (SSSR count). The van der Waals surface area contributed by atoms with Gasteiger partial charge in [-0.1, -0.05) is 45.7 Å². The largest absolute Gasteiger partial charge is 0.394 e. The average Bonchev–Trinajstić information content (AvgIpc) is 3.67. The van der Waals surface area contributed by atoms with Gasteiger partial charge in [-0.05, 0) is 59.8 Å². The summed E-state index contributed by atoms with van der Waals surface area (Å²) in [6, 6.07) is 9.77. The summed E-state index contributed by atoms with van der Waals surface area (Å²) in [7, 11) is 0. The molecule has 2 heterocycles. The molecule has 9 heteroatoms. The standard InChI is InChI=1S/C24H31BrN6O2.C2H6/c1-3-4-11-24(2,15-32)30-20-12-21(31-22(29-20)19(25)14-27-31)26-13-16-5-9-18(10-6-16)28-23(33)17-7-8-17;1-2/h5-6,9-10,12,14,17,26,32H,3-4,7-8,11,13,15H2,1-2H3,(H,28,33)(H,29,30);1-2H3. The summed E-state index contributed by atoms with van der Waals surface area (Å²) in [6.07, 6.45) is 6.63. The van der Waals surface area contributed by atoms with E-state index in [1.54, 1.807) is 10.7 Å². The number of unbranched alkanes of at least 4 members (excludes halogenated alkanes) is 1. The smallest absolute Gasteiger partial charge is 0.227 e. The van der Waals surface area contributed by atoms with Crippen LogP contribution in [-0.4, -0.2) is 37.8 Å². The molecule has 4 N–H and O–H groups in total. The monoisotopic (exact) mass is 544 g/mol. The molecule has 8 nitrogen and oxygen atoms in total. The van der Waals surface area contributed by atoms with Crippen molar-refractivity contribution < 1.29 is 9.90 Å². The second-order valence-electron chi connectivity index (χ2n) is 9.02. The molecule has 1 fully saturated rings. The molecule has 1 aliphatic rings. The fourth-order valence-electron chi connectivity index (χ4n) is 3.67. The molecule has 1 atom stereocenters. The van der Waals surface area contributed by atoms with Gasteiger partial charge in [-0.2, -0.15) is 9.61 Å². The molecular weight excluding hydrogens is 508 g/mol. The van der Waals surface area contributed by atoms with E-state index in [0.717, 1.165) is 53.6 Å². The first-order chi connectivity index (χ1) is 16.9. The summed E-state index contributed by atoms with van der Waals surface area (Å²) < 4.78 is 2.55. The molecule has 35 heavy (non-hydrogen) atoms. The van der Waals surface area contributed by atoms with Crippen LogP contribution in [0.1, 0.15) is 65.4 Å². The first-order valence-electron chi connectivity index (χ1n) is 12.5. The molecule has 0 radical (unpaired) electrons. The Labute approximate surface area is 216 Å². The van der Waals surface area contributed by atoms with Gasteiger partial charge in [0.1, 0.15) is 11.6 Å². The number of aliphatic hydroxyl groups excluding tert-OH is 1. The molecule has 1 unspecified atom stereocenters. The Hall–Kier alpha value is -2.65. The number of aromatic nitrogens is 3. The number of rotatable bonds is 11. The van der Waals surface area contributed by atoms with Crippen molar-refractivity contribution in [1.82, 2.24) is 14.6 Å². The zero-order chi connectivity index (χ0) is 25.4. The van der Waals surface area contributed by atoms with Crippen molar-refractivity contribution in [3.05, 3.63) is 46.6 Å². The highest BCUT2D eigenvalue weighted by atomic mass is 79.9. The van der Waals surface area contributed by atoms with Crippen LogP contribution in [0, 0.1) is 5.92 Å². The number of fused-ring (bicyclic) bond motifs is 1. The van der Waals surface area contributed by atoms with E-state index in [1.807, 2.05) is 51.1 Å². The van der Waals surface area contributed by atoms with Crippen LogP contribution in [0.3, 0.4) is 0 Å². The Balaban J connectivity index is 0.00000167. The molecule has 1 amide bonds. The van der Waals surface area contributed by atoms with Crippen molar-refractivity contribution >= 4 is 44.8 Å². The third-order valence-corrected chi connectivity index (χ3v) is 6.49. The van der Waals surface area contributed by atoms with Gasteiger partial charge in [-0.25, -0.2) is 4.98 Å². The Morgan fingerprint density at radius 1 is 1.26 bits per heavy atom. The molecule has 0 aliphatic heterocycles. The molecule has 190 valence electrons. The number of halogens is 1. The number of hydrogen-bond donors (Lipinski definition) is 4. The number of amides is 1. The zero-order valence-electron chi connectivity index (χ0n) is 21.1. The quantitative estimate of drug-likeness (QED) is 0.242. The minimum absolute atomic E-state index is 0.0205. The molecule has 1 aliphatic carbocycles. The van der Waals surface area contributed by atoms with Gasteiger partial charge < -0.3 is 21.1 Å². The second-order valence-corrected chi connectivity index (χ2v) is 9.87. The van der Waals surface area contributed by atoms with Crippen LogP contribution in [-0.2, 0) is 11.3 Å². The maximum Gasteiger partial charge on any atom is 0.227 e. The van der Waals surface area contributed by atoms with E-state index in [2.05, 4.69) is 43.9 Å².